The lowest BCUT2D eigenvalue weighted by molar-refractivity contribution is -0.380. The van der Waals surface area contributed by atoms with Crippen LogP contribution >= 0.6 is 11.3 Å². The molecule has 2 rings (SSSR count). The van der Waals surface area contributed by atoms with Crippen molar-refractivity contribution >= 4 is 28.0 Å². The Balaban J connectivity index is 2.47. The molecule has 1 heterocycles. The van der Waals surface area contributed by atoms with Gasteiger partial charge in [0.1, 0.15) is 5.56 Å². The lowest BCUT2D eigenvalue weighted by Crippen LogP contribution is -2.11. The van der Waals surface area contributed by atoms with Crippen molar-refractivity contribution in [3.05, 3.63) is 51.6 Å². The van der Waals surface area contributed by atoms with Crippen molar-refractivity contribution < 1.29 is 14.5 Å². The summed E-state index contributed by atoms with van der Waals surface area (Å²) in [6.07, 6.45) is 0. The minimum atomic E-state index is -0.834. The molecule has 0 aliphatic carbocycles. The van der Waals surface area contributed by atoms with Crippen molar-refractivity contribution in [2.24, 2.45) is 5.73 Å². The van der Waals surface area contributed by atoms with E-state index < -0.39 is 10.8 Å². The van der Waals surface area contributed by atoms with Gasteiger partial charge in [-0.3, -0.25) is 19.7 Å². The second-order valence-electron chi connectivity index (χ2n) is 4.08. The summed E-state index contributed by atoms with van der Waals surface area (Å²) in [6, 6.07) is 8.02. The van der Waals surface area contributed by atoms with Crippen LogP contribution in [0, 0.1) is 10.1 Å². The maximum absolute atomic E-state index is 11.2. The van der Waals surface area contributed by atoms with Crippen molar-refractivity contribution in [1.29, 1.82) is 0 Å². The molecule has 0 bridgehead atoms. The smallest absolute Gasteiger partial charge is 0.337 e. The molecule has 0 saturated carbocycles. The number of carbonyl (C=O) groups excluding carboxylic acids is 2. The SMILES string of the molecule is CC(=O)c1ccc(-c2cc(C(N)=O)c([N+](=O)[O-])s2)cc1. The van der Waals surface area contributed by atoms with Crippen molar-refractivity contribution in [3.63, 3.8) is 0 Å². The number of benzene rings is 1. The average molecular weight is 290 g/mol. The molecule has 0 aliphatic rings. The second-order valence-corrected chi connectivity index (χ2v) is 5.12. The van der Waals surface area contributed by atoms with E-state index >= 15 is 0 Å². The zero-order valence-electron chi connectivity index (χ0n) is 10.5. The Bertz CT molecular complexity index is 672. The number of thiophene rings is 1. The molecule has 6 nitrogen and oxygen atoms in total. The number of hydrogen-bond acceptors (Lipinski definition) is 5. The maximum Gasteiger partial charge on any atom is 0.337 e. The Morgan fingerprint density at radius 2 is 1.85 bits per heavy atom. The van der Waals surface area contributed by atoms with E-state index in [0.29, 0.717) is 16.0 Å². The third kappa shape index (κ3) is 2.57. The first kappa shape index (κ1) is 13.9. The first-order chi connectivity index (χ1) is 9.40. The standard InChI is InChI=1S/C13H10N2O4S/c1-7(16)8-2-4-9(5-3-8)11-6-10(12(14)17)13(20-11)15(18)19/h2-6H,1H3,(H2,14,17). The van der Waals surface area contributed by atoms with E-state index in [-0.39, 0.29) is 16.3 Å². The molecule has 0 fully saturated rings. The van der Waals surface area contributed by atoms with Gasteiger partial charge < -0.3 is 5.73 Å². The van der Waals surface area contributed by atoms with Gasteiger partial charge in [-0.25, -0.2) is 0 Å². The summed E-state index contributed by atoms with van der Waals surface area (Å²) in [5.41, 5.74) is 6.26. The van der Waals surface area contributed by atoms with Crippen LogP contribution in [0.4, 0.5) is 5.00 Å². The molecule has 0 saturated heterocycles. The number of Topliss-reactive ketones (excluding diaryl/α,β-unsaturated/α-hetero) is 1. The molecule has 0 spiro atoms. The van der Waals surface area contributed by atoms with Crippen molar-refractivity contribution in [2.75, 3.05) is 0 Å². The van der Waals surface area contributed by atoms with Gasteiger partial charge in [-0.15, -0.1) is 0 Å². The summed E-state index contributed by atoms with van der Waals surface area (Å²) >= 11 is 0.878. The number of hydrogen-bond donors (Lipinski definition) is 1. The second kappa shape index (κ2) is 5.22. The van der Waals surface area contributed by atoms with Crippen molar-refractivity contribution in [3.8, 4) is 10.4 Å². The minimum absolute atomic E-state index is 0.0634. The largest absolute Gasteiger partial charge is 0.365 e. The first-order valence-electron chi connectivity index (χ1n) is 5.59. The molecule has 2 N–H and O–H groups in total. The third-order valence-corrected chi connectivity index (χ3v) is 3.86. The monoisotopic (exact) mass is 290 g/mol. The molecule has 1 aromatic heterocycles. The highest BCUT2D eigenvalue weighted by Gasteiger charge is 2.23. The van der Waals surface area contributed by atoms with E-state index in [9.17, 15) is 19.7 Å². The van der Waals surface area contributed by atoms with Crippen LogP contribution in [0.5, 0.6) is 0 Å². The number of primary amides is 1. The fraction of sp³-hybridized carbons (Fsp3) is 0.0769. The molecule has 0 aliphatic heterocycles. The molecular weight excluding hydrogens is 280 g/mol. The van der Waals surface area contributed by atoms with Gasteiger partial charge in [0, 0.05) is 10.4 Å². The lowest BCUT2D eigenvalue weighted by Gasteiger charge is -1.98. The zero-order valence-corrected chi connectivity index (χ0v) is 11.3. The number of amides is 1. The van der Waals surface area contributed by atoms with E-state index in [1.165, 1.54) is 13.0 Å². The Morgan fingerprint density at radius 1 is 1.25 bits per heavy atom. The molecule has 102 valence electrons. The van der Waals surface area contributed by atoms with Crippen LogP contribution in [0.3, 0.4) is 0 Å². The minimum Gasteiger partial charge on any atom is -0.365 e. The van der Waals surface area contributed by atoms with Crippen LogP contribution in [-0.4, -0.2) is 16.6 Å². The highest BCUT2D eigenvalue weighted by molar-refractivity contribution is 7.19. The lowest BCUT2D eigenvalue weighted by atomic mass is 10.1. The molecule has 7 heteroatoms. The van der Waals surface area contributed by atoms with E-state index in [4.69, 9.17) is 5.73 Å². The summed E-state index contributed by atoms with van der Waals surface area (Å²) in [5.74, 6) is -0.897. The fourth-order valence-corrected chi connectivity index (χ4v) is 2.69. The quantitative estimate of drug-likeness (QED) is 0.531. The number of nitro groups is 1. The number of ketones is 1. The predicted molar refractivity (Wildman–Crippen MR) is 74.9 cm³/mol. The van der Waals surface area contributed by atoms with E-state index in [0.717, 1.165) is 11.3 Å². The van der Waals surface area contributed by atoms with Crippen molar-refractivity contribution in [2.45, 2.75) is 6.92 Å². The summed E-state index contributed by atoms with van der Waals surface area (Å²) in [5, 5.41) is 10.6. The molecule has 0 atom stereocenters. The normalized spacial score (nSPS) is 10.2. The van der Waals surface area contributed by atoms with Crippen LogP contribution in [0.1, 0.15) is 27.6 Å². The highest BCUT2D eigenvalue weighted by atomic mass is 32.1. The molecule has 20 heavy (non-hydrogen) atoms. The predicted octanol–water partition coefficient (Wildman–Crippen LogP) is 2.62. The molecule has 2 aromatic rings. The average Bonchev–Trinajstić information content (AvgIpc) is 2.84. The molecule has 1 aromatic carbocycles. The third-order valence-electron chi connectivity index (χ3n) is 2.72. The van der Waals surface area contributed by atoms with Gasteiger partial charge in [-0.1, -0.05) is 35.6 Å². The van der Waals surface area contributed by atoms with E-state index in [2.05, 4.69) is 0 Å². The van der Waals surface area contributed by atoms with Gasteiger partial charge in [-0.05, 0) is 18.6 Å². The number of rotatable bonds is 4. The van der Waals surface area contributed by atoms with Gasteiger partial charge in [-0.2, -0.15) is 0 Å². The summed E-state index contributed by atoms with van der Waals surface area (Å²) in [7, 11) is 0. The van der Waals surface area contributed by atoms with Gasteiger partial charge in [0.15, 0.2) is 5.78 Å². The number of nitrogens with two attached hydrogens (primary N) is 1. The van der Waals surface area contributed by atoms with Crippen LogP contribution in [0.25, 0.3) is 10.4 Å². The Morgan fingerprint density at radius 3 is 2.25 bits per heavy atom. The topological polar surface area (TPSA) is 103 Å². The van der Waals surface area contributed by atoms with Gasteiger partial charge in [0.2, 0.25) is 0 Å². The van der Waals surface area contributed by atoms with Gasteiger partial charge in [0.25, 0.3) is 5.91 Å². The van der Waals surface area contributed by atoms with E-state index in [1.807, 2.05) is 0 Å². The number of carbonyl (C=O) groups is 2. The Kier molecular flexibility index (Phi) is 3.62. The molecular formula is C13H10N2O4S. The summed E-state index contributed by atoms with van der Waals surface area (Å²) in [4.78, 5) is 33.2. The fourth-order valence-electron chi connectivity index (χ4n) is 1.71. The summed E-state index contributed by atoms with van der Waals surface area (Å²) in [6.45, 7) is 1.45. The highest BCUT2D eigenvalue weighted by Crippen LogP contribution is 2.36. The van der Waals surface area contributed by atoms with Gasteiger partial charge >= 0.3 is 5.00 Å². The molecule has 1 amide bonds. The van der Waals surface area contributed by atoms with Crippen molar-refractivity contribution in [1.82, 2.24) is 0 Å². The molecule has 0 unspecified atom stereocenters. The van der Waals surface area contributed by atoms with Crippen LogP contribution < -0.4 is 5.73 Å². The van der Waals surface area contributed by atoms with Crippen LogP contribution in [0.2, 0.25) is 0 Å². The Labute approximate surface area is 118 Å². The van der Waals surface area contributed by atoms with Crippen LogP contribution in [0.15, 0.2) is 30.3 Å². The maximum atomic E-state index is 11.2. The zero-order chi connectivity index (χ0) is 14.9. The van der Waals surface area contributed by atoms with Crippen LogP contribution in [-0.2, 0) is 0 Å². The van der Waals surface area contributed by atoms with E-state index in [1.54, 1.807) is 24.3 Å². The molecule has 0 radical (unpaired) electrons. The summed E-state index contributed by atoms with van der Waals surface area (Å²) < 4.78 is 0. The van der Waals surface area contributed by atoms with Gasteiger partial charge in [0.05, 0.1) is 4.92 Å². The number of nitrogens with zero attached hydrogens (tertiary/aromatic N) is 1. The first-order valence-corrected chi connectivity index (χ1v) is 6.41. The Hall–Kier alpha value is -2.54.